The number of carbonyl (C=O) groups is 2. The van der Waals surface area contributed by atoms with Crippen LogP contribution in [0.2, 0.25) is 0 Å². The van der Waals surface area contributed by atoms with Gasteiger partial charge in [0.25, 0.3) is 11.8 Å². The van der Waals surface area contributed by atoms with Gasteiger partial charge in [-0.25, -0.2) is 26.0 Å². The molecule has 0 saturated heterocycles. The van der Waals surface area contributed by atoms with Crippen LogP contribution in [-0.2, 0) is 19.7 Å². The molecule has 0 spiro atoms. The van der Waals surface area contributed by atoms with E-state index < -0.39 is 68.9 Å². The smallest absolute Gasteiger partial charge is 0.748 e. The molecule has 17 heteroatoms. The predicted octanol–water partition coefficient (Wildman–Crippen LogP) is 7.07. The van der Waals surface area contributed by atoms with Crippen molar-refractivity contribution in [2.75, 3.05) is 12.3 Å². The molecule has 0 heterocycles. The third-order valence-corrected chi connectivity index (χ3v) is 24.1. The van der Waals surface area contributed by atoms with Crippen molar-refractivity contribution in [3.05, 3.63) is 0 Å². The molecule has 6 unspecified atom stereocenters. The summed E-state index contributed by atoms with van der Waals surface area (Å²) in [5.41, 5.74) is -1.13. The summed E-state index contributed by atoms with van der Waals surface area (Å²) in [5.74, 6) is -5.70. The summed E-state index contributed by atoms with van der Waals surface area (Å²) in [6, 6.07) is -0.00165. The Kier molecular flexibility index (Phi) is 18.2. The summed E-state index contributed by atoms with van der Waals surface area (Å²) >= 11 is 0. The molecular weight excluding hydrogens is 978 g/mol. The zero-order valence-corrected chi connectivity index (χ0v) is 48.0. The van der Waals surface area contributed by atoms with Crippen LogP contribution in [0.5, 0.6) is 0 Å². The molecule has 20 atom stereocenters. The molecule has 9 aliphatic carbocycles. The van der Waals surface area contributed by atoms with Crippen molar-refractivity contribution in [3.63, 3.8) is 0 Å². The number of nitrogens with zero attached hydrogens (tertiary/aromatic N) is 1. The van der Waals surface area contributed by atoms with E-state index in [4.69, 9.17) is 5.11 Å². The first kappa shape index (κ1) is 60.1. The van der Waals surface area contributed by atoms with E-state index in [0.29, 0.717) is 55.8 Å². The molecule has 0 bridgehead atoms. The Morgan fingerprint density at radius 3 is 1.44 bits per heavy atom. The summed E-state index contributed by atoms with van der Waals surface area (Å²) in [5, 5.41) is 51.8. The fourth-order valence-electron chi connectivity index (χ4n) is 19.8. The van der Waals surface area contributed by atoms with Gasteiger partial charge in [-0.05, 0) is 195 Å². The van der Waals surface area contributed by atoms with Crippen molar-refractivity contribution in [2.45, 2.75) is 232 Å². The summed E-state index contributed by atoms with van der Waals surface area (Å²) in [7, 11) is -4.41. The molecule has 9 rings (SSSR count). The van der Waals surface area contributed by atoms with E-state index in [9.17, 15) is 60.5 Å². The molecule has 11 nitrogen and oxygen atoms in total. The van der Waals surface area contributed by atoms with Crippen LogP contribution in [0.3, 0.4) is 0 Å². The number of aliphatic hydroxyl groups excluding tert-OH is 4. The maximum Gasteiger partial charge on any atom is 1.00 e. The Bertz CT molecular complexity index is 2070. The molecule has 414 valence electrons. The van der Waals surface area contributed by atoms with Gasteiger partial charge in [-0.1, -0.05) is 60.8 Å². The van der Waals surface area contributed by atoms with Crippen molar-refractivity contribution < 1.29 is 95.2 Å². The van der Waals surface area contributed by atoms with Crippen molar-refractivity contribution in [1.29, 1.82) is 0 Å². The second kappa shape index (κ2) is 22.2. The second-order valence-electron chi connectivity index (χ2n) is 27.0. The number of fused-ring (bicyclic) bond motifs is 10. The minimum absolute atomic E-state index is 0. The molecule has 0 aromatic carbocycles. The normalized spacial score (nSPS) is 45.5. The van der Waals surface area contributed by atoms with E-state index in [2.05, 4.69) is 27.7 Å². The summed E-state index contributed by atoms with van der Waals surface area (Å²) in [6.07, 6.45) is 10.4. The number of carboxylic acids is 1. The number of carbonyl (C=O) groups excluding carboxylic acids is 1. The number of carboxylic acid groups (broad SMARTS) is 1. The van der Waals surface area contributed by atoms with Crippen molar-refractivity contribution >= 4 is 22.0 Å². The van der Waals surface area contributed by atoms with Crippen molar-refractivity contribution in [3.8, 4) is 0 Å². The largest absolute Gasteiger partial charge is 1.00 e. The molecule has 9 aliphatic rings. The fourth-order valence-corrected chi connectivity index (χ4v) is 20.2. The SMILES string of the molecule is C[C@H](CCC(=O)N(CCS(=O)(=O)[O-])C1CCCCC1)[C@H]1CCC2C3C(CC[C@@]21C)[C@@]1(C)CC(F)(F)[C@H](O)C[C@H]1C[C@@H]3O.C[C@H](CCC(=O)O)[C@H]1CCC2C3C(CC[C@@]21C)[C@@]1(C)CC(F)(F)[C@H](O)C[C@H]1C[C@@H]3O.[Na+]. The minimum Gasteiger partial charge on any atom is -0.748 e. The monoisotopic (exact) mass is 1070 g/mol. The third kappa shape index (κ3) is 11.4. The quantitative estimate of drug-likeness (QED) is 0.0767. The van der Waals surface area contributed by atoms with E-state index in [-0.39, 0.29) is 138 Å². The van der Waals surface area contributed by atoms with Gasteiger partial charge in [0.15, 0.2) is 0 Å². The number of amides is 1. The van der Waals surface area contributed by atoms with Crippen LogP contribution in [0, 0.1) is 92.7 Å². The van der Waals surface area contributed by atoms with Gasteiger partial charge in [-0.15, -0.1) is 0 Å². The van der Waals surface area contributed by atoms with Gasteiger partial charge in [0.2, 0.25) is 5.91 Å². The predicted molar refractivity (Wildman–Crippen MR) is 263 cm³/mol. The van der Waals surface area contributed by atoms with Gasteiger partial charge in [-0.2, -0.15) is 0 Å². The van der Waals surface area contributed by atoms with Crippen LogP contribution in [0.4, 0.5) is 17.6 Å². The molecule has 9 saturated carbocycles. The maximum absolute atomic E-state index is 14.8. The van der Waals surface area contributed by atoms with Gasteiger partial charge in [0.1, 0.15) is 12.2 Å². The Morgan fingerprint density at radius 1 is 0.616 bits per heavy atom. The van der Waals surface area contributed by atoms with Gasteiger partial charge >= 0.3 is 35.5 Å². The summed E-state index contributed by atoms with van der Waals surface area (Å²) in [4.78, 5) is 26.1. The Balaban J connectivity index is 0.000000222. The summed E-state index contributed by atoms with van der Waals surface area (Å²) < 4.78 is 92.9. The maximum atomic E-state index is 14.8. The first-order valence-corrected chi connectivity index (χ1v) is 30.0. The van der Waals surface area contributed by atoms with Crippen LogP contribution in [-0.4, -0.2) is 110 Å². The molecule has 0 aromatic rings. The molecule has 9 fully saturated rings. The van der Waals surface area contributed by atoms with E-state index in [1.165, 1.54) is 0 Å². The van der Waals surface area contributed by atoms with E-state index in [1.54, 1.807) is 4.90 Å². The topological polar surface area (TPSA) is 196 Å². The van der Waals surface area contributed by atoms with E-state index in [1.807, 2.05) is 13.8 Å². The molecule has 0 aliphatic heterocycles. The van der Waals surface area contributed by atoms with Crippen LogP contribution in [0.1, 0.15) is 189 Å². The number of rotatable bonds is 12. The number of hydrogen-bond donors (Lipinski definition) is 5. The molecule has 1 amide bonds. The zero-order chi connectivity index (χ0) is 52.7. The Hall–Kier alpha value is -0.590. The number of halogens is 4. The molecule has 5 N–H and O–H groups in total. The minimum atomic E-state index is -4.41. The Morgan fingerprint density at radius 2 is 1.03 bits per heavy atom. The van der Waals surface area contributed by atoms with Crippen LogP contribution in [0.15, 0.2) is 0 Å². The van der Waals surface area contributed by atoms with Crippen molar-refractivity contribution in [2.24, 2.45) is 92.7 Å². The third-order valence-electron chi connectivity index (χ3n) is 23.5. The zero-order valence-electron chi connectivity index (χ0n) is 45.1. The van der Waals surface area contributed by atoms with Gasteiger partial charge in [-0.3, -0.25) is 9.59 Å². The Labute approximate surface area is 456 Å². The number of alkyl halides is 4. The van der Waals surface area contributed by atoms with Crippen molar-refractivity contribution in [1.82, 2.24) is 4.90 Å². The van der Waals surface area contributed by atoms with E-state index >= 15 is 0 Å². The van der Waals surface area contributed by atoms with Crippen LogP contribution >= 0.6 is 0 Å². The van der Waals surface area contributed by atoms with Crippen LogP contribution < -0.4 is 29.6 Å². The number of aliphatic hydroxyl groups is 4. The first-order chi connectivity index (χ1) is 33.5. The number of aliphatic carboxylic acids is 1. The molecule has 0 aromatic heterocycles. The van der Waals surface area contributed by atoms with E-state index in [0.717, 1.165) is 83.5 Å². The van der Waals surface area contributed by atoms with Gasteiger partial charge in [0, 0.05) is 38.3 Å². The van der Waals surface area contributed by atoms with Crippen LogP contribution in [0.25, 0.3) is 0 Å². The standard InChI is InChI=1S/C32H53F2NO6S.C24H38F2O4.Na/c1-20(9-12-28(38)35(15-16-42(39,40)41)22-7-5-4-6-8-22)23-10-11-24-29-25(13-14-30(23,24)2)31(3)19-32(33,34)27(37)18-21(31)17-26(29)36;1-13(4-7-20(29)30)15-5-6-16-21-17(8-9-22(15,16)2)23(3)12-24(25,26)19(28)11-14(23)10-18(21)27;/h20-27,29,36-37H,4-19H2,1-3H3,(H,39,40,41);13-19,21,27-28H,4-12H2,1-3H3,(H,29,30);/q;;+1/p-1/t20-,21-,23-,24?,25?,26+,27-,29?,30-,31+;13-,14-,15-,16?,17?,18+,19-,21?,22-,23+;/m11./s1. The van der Waals surface area contributed by atoms with Gasteiger partial charge < -0.3 is 35.0 Å². The first-order valence-electron chi connectivity index (χ1n) is 28.4. The molecule has 0 radical (unpaired) electrons. The second-order valence-corrected chi connectivity index (χ2v) is 28.5. The average Bonchev–Trinajstić information content (AvgIpc) is 3.83. The molecule has 73 heavy (non-hydrogen) atoms. The fraction of sp³-hybridized carbons (Fsp3) is 0.964. The summed E-state index contributed by atoms with van der Waals surface area (Å²) in [6.45, 7) is 12.9. The number of hydrogen-bond acceptors (Lipinski definition) is 9. The molecular formula is C56H90F4NNaO10S. The average molecular weight is 1070 g/mol. The van der Waals surface area contributed by atoms with Gasteiger partial charge in [0.05, 0.1) is 28.1 Å².